The van der Waals surface area contributed by atoms with Crippen LogP contribution in [0.4, 0.5) is 0 Å². The lowest BCUT2D eigenvalue weighted by Gasteiger charge is -1.96. The zero-order valence-corrected chi connectivity index (χ0v) is 5.46. The standard InChI is InChI=1S/C8H12O/c9-5-8-6-3-1-2-4-7(6)8/h1-2,6-9H,3-5H2/t6-,7+,8?. The summed E-state index contributed by atoms with van der Waals surface area (Å²) in [6, 6.07) is 0. The number of fused-ring (bicyclic) bond motifs is 1. The van der Waals surface area contributed by atoms with E-state index in [0.717, 1.165) is 11.8 Å². The Morgan fingerprint density at radius 1 is 1.22 bits per heavy atom. The molecule has 0 amide bonds. The molecule has 0 bridgehead atoms. The Kier molecular flexibility index (Phi) is 1.12. The topological polar surface area (TPSA) is 20.2 Å². The largest absolute Gasteiger partial charge is 0.396 e. The van der Waals surface area contributed by atoms with Crippen molar-refractivity contribution in [2.45, 2.75) is 12.8 Å². The lowest BCUT2D eigenvalue weighted by molar-refractivity contribution is 0.264. The van der Waals surface area contributed by atoms with Crippen LogP contribution >= 0.6 is 0 Å². The minimum Gasteiger partial charge on any atom is -0.396 e. The average Bonchev–Trinajstić information content (AvgIpc) is 2.60. The summed E-state index contributed by atoms with van der Waals surface area (Å²) in [7, 11) is 0. The molecular formula is C8H12O. The predicted octanol–water partition coefficient (Wildman–Crippen LogP) is 1.19. The van der Waals surface area contributed by atoms with Crippen molar-refractivity contribution in [3.63, 3.8) is 0 Å². The van der Waals surface area contributed by atoms with Crippen molar-refractivity contribution in [2.24, 2.45) is 17.8 Å². The van der Waals surface area contributed by atoms with Crippen molar-refractivity contribution in [2.75, 3.05) is 6.61 Å². The third-order valence-corrected chi connectivity index (χ3v) is 2.70. The minimum atomic E-state index is 0.414. The van der Waals surface area contributed by atoms with E-state index < -0.39 is 0 Å². The Bertz CT molecular complexity index is 126. The summed E-state index contributed by atoms with van der Waals surface area (Å²) >= 11 is 0. The summed E-state index contributed by atoms with van der Waals surface area (Å²) < 4.78 is 0. The molecule has 2 aliphatic carbocycles. The van der Waals surface area contributed by atoms with Gasteiger partial charge in [-0.1, -0.05) is 12.2 Å². The van der Waals surface area contributed by atoms with Crippen LogP contribution in [0, 0.1) is 17.8 Å². The summed E-state index contributed by atoms with van der Waals surface area (Å²) in [6.07, 6.45) is 6.93. The van der Waals surface area contributed by atoms with Crippen molar-refractivity contribution < 1.29 is 5.11 Å². The maximum absolute atomic E-state index is 8.81. The van der Waals surface area contributed by atoms with Crippen LogP contribution in [0.15, 0.2) is 12.2 Å². The summed E-state index contributed by atoms with van der Waals surface area (Å²) in [5, 5.41) is 8.81. The third kappa shape index (κ3) is 0.715. The third-order valence-electron chi connectivity index (χ3n) is 2.70. The predicted molar refractivity (Wildman–Crippen MR) is 35.9 cm³/mol. The van der Waals surface area contributed by atoms with E-state index in [2.05, 4.69) is 12.2 Å². The molecule has 50 valence electrons. The molecule has 0 radical (unpaired) electrons. The first-order chi connectivity index (χ1) is 4.43. The quantitative estimate of drug-likeness (QED) is 0.520. The van der Waals surface area contributed by atoms with Crippen molar-refractivity contribution in [3.05, 3.63) is 12.2 Å². The van der Waals surface area contributed by atoms with Crippen molar-refractivity contribution in [3.8, 4) is 0 Å². The molecule has 0 heterocycles. The van der Waals surface area contributed by atoms with E-state index in [0.29, 0.717) is 12.5 Å². The van der Waals surface area contributed by atoms with Crippen molar-refractivity contribution in [1.82, 2.24) is 0 Å². The number of allylic oxidation sites excluding steroid dienone is 2. The first-order valence-corrected chi connectivity index (χ1v) is 3.69. The number of rotatable bonds is 1. The van der Waals surface area contributed by atoms with Gasteiger partial charge in [0.1, 0.15) is 0 Å². The highest BCUT2D eigenvalue weighted by molar-refractivity contribution is 5.08. The van der Waals surface area contributed by atoms with Gasteiger partial charge in [-0.2, -0.15) is 0 Å². The maximum Gasteiger partial charge on any atom is 0.0465 e. The van der Waals surface area contributed by atoms with E-state index >= 15 is 0 Å². The second-order valence-electron chi connectivity index (χ2n) is 3.12. The molecule has 0 aromatic heterocycles. The Morgan fingerprint density at radius 2 is 1.78 bits per heavy atom. The minimum absolute atomic E-state index is 0.414. The van der Waals surface area contributed by atoms with Gasteiger partial charge in [-0.25, -0.2) is 0 Å². The van der Waals surface area contributed by atoms with E-state index in [4.69, 9.17) is 5.11 Å². The smallest absolute Gasteiger partial charge is 0.0465 e. The molecule has 0 saturated heterocycles. The van der Waals surface area contributed by atoms with Crippen LogP contribution in [0.1, 0.15) is 12.8 Å². The number of hydrogen-bond acceptors (Lipinski definition) is 1. The normalized spacial score (nSPS) is 46.6. The molecule has 3 atom stereocenters. The van der Waals surface area contributed by atoms with Gasteiger partial charge in [0.05, 0.1) is 0 Å². The highest BCUT2D eigenvalue weighted by Crippen LogP contribution is 2.52. The fraction of sp³-hybridized carbons (Fsp3) is 0.750. The Labute approximate surface area is 55.4 Å². The SMILES string of the molecule is OCC1[C@H]2CC=CC[C@@H]12. The van der Waals surface area contributed by atoms with Gasteiger partial charge in [0.25, 0.3) is 0 Å². The van der Waals surface area contributed by atoms with Crippen LogP contribution in [-0.4, -0.2) is 11.7 Å². The molecule has 1 unspecified atom stereocenters. The Morgan fingerprint density at radius 3 is 2.22 bits per heavy atom. The van der Waals surface area contributed by atoms with Gasteiger partial charge in [0, 0.05) is 6.61 Å². The van der Waals surface area contributed by atoms with E-state index in [1.165, 1.54) is 12.8 Å². The van der Waals surface area contributed by atoms with E-state index in [9.17, 15) is 0 Å². The molecule has 1 heteroatoms. The van der Waals surface area contributed by atoms with Gasteiger partial charge >= 0.3 is 0 Å². The van der Waals surface area contributed by atoms with E-state index in [1.807, 2.05) is 0 Å². The zero-order chi connectivity index (χ0) is 6.27. The molecule has 2 aliphatic rings. The Hall–Kier alpha value is -0.300. The molecule has 0 aromatic rings. The van der Waals surface area contributed by atoms with Crippen LogP contribution in [0.3, 0.4) is 0 Å². The van der Waals surface area contributed by atoms with Gasteiger partial charge in [0.2, 0.25) is 0 Å². The fourth-order valence-corrected chi connectivity index (χ4v) is 2.00. The molecule has 1 nitrogen and oxygen atoms in total. The van der Waals surface area contributed by atoms with Gasteiger partial charge in [-0.15, -0.1) is 0 Å². The highest BCUT2D eigenvalue weighted by atomic mass is 16.3. The van der Waals surface area contributed by atoms with Gasteiger partial charge in [-0.3, -0.25) is 0 Å². The Balaban J connectivity index is 1.98. The summed E-state index contributed by atoms with van der Waals surface area (Å²) in [4.78, 5) is 0. The molecule has 1 N–H and O–H groups in total. The maximum atomic E-state index is 8.81. The number of aliphatic hydroxyl groups excluding tert-OH is 1. The summed E-state index contributed by atoms with van der Waals surface area (Å²) in [5.41, 5.74) is 0. The second-order valence-corrected chi connectivity index (χ2v) is 3.12. The van der Waals surface area contributed by atoms with Crippen LogP contribution in [-0.2, 0) is 0 Å². The average molecular weight is 124 g/mol. The van der Waals surface area contributed by atoms with E-state index in [-0.39, 0.29) is 0 Å². The summed E-state index contributed by atoms with van der Waals surface area (Å²) in [6.45, 7) is 0.414. The summed E-state index contributed by atoms with van der Waals surface area (Å²) in [5.74, 6) is 2.35. The zero-order valence-electron chi connectivity index (χ0n) is 5.46. The second kappa shape index (κ2) is 1.84. The lowest BCUT2D eigenvalue weighted by Crippen LogP contribution is -1.86. The molecule has 0 aliphatic heterocycles. The molecule has 2 rings (SSSR count). The van der Waals surface area contributed by atoms with Crippen LogP contribution in [0.25, 0.3) is 0 Å². The van der Waals surface area contributed by atoms with Crippen LogP contribution < -0.4 is 0 Å². The molecule has 1 saturated carbocycles. The first kappa shape index (κ1) is 5.48. The lowest BCUT2D eigenvalue weighted by atomic mass is 10.1. The number of hydrogen-bond donors (Lipinski definition) is 1. The molecular weight excluding hydrogens is 112 g/mol. The van der Waals surface area contributed by atoms with Gasteiger partial charge in [-0.05, 0) is 30.6 Å². The van der Waals surface area contributed by atoms with Gasteiger partial charge in [0.15, 0.2) is 0 Å². The fourth-order valence-electron chi connectivity index (χ4n) is 2.00. The van der Waals surface area contributed by atoms with Crippen molar-refractivity contribution in [1.29, 1.82) is 0 Å². The van der Waals surface area contributed by atoms with Crippen molar-refractivity contribution >= 4 is 0 Å². The van der Waals surface area contributed by atoms with Crippen LogP contribution in [0.5, 0.6) is 0 Å². The molecule has 0 aromatic carbocycles. The van der Waals surface area contributed by atoms with Gasteiger partial charge < -0.3 is 5.11 Å². The molecule has 1 fully saturated rings. The molecule has 9 heavy (non-hydrogen) atoms. The first-order valence-electron chi connectivity index (χ1n) is 3.69. The number of aliphatic hydroxyl groups is 1. The molecule has 0 spiro atoms. The van der Waals surface area contributed by atoms with E-state index in [1.54, 1.807) is 0 Å². The highest BCUT2D eigenvalue weighted by Gasteiger charge is 2.48. The monoisotopic (exact) mass is 124 g/mol. The van der Waals surface area contributed by atoms with Crippen LogP contribution in [0.2, 0.25) is 0 Å².